The lowest BCUT2D eigenvalue weighted by molar-refractivity contribution is -0.124. The van der Waals surface area contributed by atoms with Crippen LogP contribution in [0.4, 0.5) is 0 Å². The van der Waals surface area contributed by atoms with E-state index in [1.165, 1.54) is 0 Å². The lowest BCUT2D eigenvalue weighted by Gasteiger charge is -2.11. The summed E-state index contributed by atoms with van der Waals surface area (Å²) in [7, 11) is 3.16. The van der Waals surface area contributed by atoms with Crippen LogP contribution in [-0.4, -0.2) is 39.2 Å². The largest absolute Gasteiger partial charge is 0.493 e. The molecule has 0 heterocycles. The number of carbonyl (C=O) groups excluding carboxylic acids is 2. The van der Waals surface area contributed by atoms with E-state index >= 15 is 0 Å². The Morgan fingerprint density at radius 3 is 2.28 bits per heavy atom. The molecule has 0 atom stereocenters. The van der Waals surface area contributed by atoms with Gasteiger partial charge in [-0.3, -0.25) is 4.79 Å². The van der Waals surface area contributed by atoms with Crippen LogP contribution in [0.2, 0.25) is 0 Å². The minimum absolute atomic E-state index is 0.329. The molecule has 6 heteroatoms. The molecule has 1 amide bonds. The number of hydrogen-bond donors (Lipinski definition) is 1. The summed E-state index contributed by atoms with van der Waals surface area (Å²) in [6.45, 7) is 0.0842. The van der Waals surface area contributed by atoms with Gasteiger partial charge in [0.1, 0.15) is 0 Å². The summed E-state index contributed by atoms with van der Waals surface area (Å²) in [5.41, 5.74) is 3.42. The number of benzene rings is 3. The molecule has 0 spiro atoms. The fourth-order valence-corrected chi connectivity index (χ4v) is 3.33. The van der Waals surface area contributed by atoms with Crippen molar-refractivity contribution in [2.45, 2.75) is 12.8 Å². The molecule has 6 nitrogen and oxygen atoms in total. The third kappa shape index (κ3) is 6.35. The van der Waals surface area contributed by atoms with E-state index in [9.17, 15) is 9.59 Å². The standard InChI is InChI=1S/C26H27NO5/c1-30-23-13-12-20(17-24(23)31-2)14-15-27-25(28)18-32-26(29)22-11-7-6-10-21(22)16-19-8-4-3-5-9-19/h3-13,17H,14-16,18H2,1-2H3,(H,27,28). The summed E-state index contributed by atoms with van der Waals surface area (Å²) in [4.78, 5) is 24.7. The second-order valence-electron chi connectivity index (χ2n) is 7.18. The first kappa shape index (κ1) is 22.9. The highest BCUT2D eigenvalue weighted by Crippen LogP contribution is 2.27. The predicted molar refractivity (Wildman–Crippen MR) is 122 cm³/mol. The van der Waals surface area contributed by atoms with Crippen LogP contribution in [0.5, 0.6) is 11.5 Å². The number of ether oxygens (including phenoxy) is 3. The van der Waals surface area contributed by atoms with E-state index < -0.39 is 5.97 Å². The van der Waals surface area contributed by atoms with Gasteiger partial charge < -0.3 is 19.5 Å². The molecule has 166 valence electrons. The molecule has 0 fully saturated rings. The predicted octanol–water partition coefficient (Wildman–Crippen LogP) is 3.81. The molecule has 1 N–H and O–H groups in total. The molecular formula is C26H27NO5. The quantitative estimate of drug-likeness (QED) is 0.492. The molecule has 0 radical (unpaired) electrons. The van der Waals surface area contributed by atoms with Gasteiger partial charge in [0.15, 0.2) is 18.1 Å². The molecule has 0 saturated heterocycles. The maximum absolute atomic E-state index is 12.6. The summed E-state index contributed by atoms with van der Waals surface area (Å²) in [5.74, 6) is 0.435. The highest BCUT2D eigenvalue weighted by Gasteiger charge is 2.14. The first-order chi connectivity index (χ1) is 15.6. The van der Waals surface area contributed by atoms with Crippen LogP contribution in [0.15, 0.2) is 72.8 Å². The second kappa shape index (κ2) is 11.6. The fourth-order valence-electron chi connectivity index (χ4n) is 3.33. The molecule has 0 unspecified atom stereocenters. The van der Waals surface area contributed by atoms with Crippen LogP contribution in [0.3, 0.4) is 0 Å². The number of carbonyl (C=O) groups is 2. The highest BCUT2D eigenvalue weighted by molar-refractivity contribution is 5.92. The van der Waals surface area contributed by atoms with E-state index in [4.69, 9.17) is 14.2 Å². The number of nitrogens with one attached hydrogen (secondary N) is 1. The number of hydrogen-bond acceptors (Lipinski definition) is 5. The zero-order chi connectivity index (χ0) is 22.8. The van der Waals surface area contributed by atoms with Crippen LogP contribution in [0.25, 0.3) is 0 Å². The van der Waals surface area contributed by atoms with Crippen molar-refractivity contribution in [1.29, 1.82) is 0 Å². The lowest BCUT2D eigenvalue weighted by Crippen LogP contribution is -2.30. The van der Waals surface area contributed by atoms with E-state index in [-0.39, 0.29) is 12.5 Å². The molecule has 0 bridgehead atoms. The molecule has 3 aromatic carbocycles. The topological polar surface area (TPSA) is 73.9 Å². The maximum Gasteiger partial charge on any atom is 0.338 e. The first-order valence-electron chi connectivity index (χ1n) is 10.4. The van der Waals surface area contributed by atoms with Crippen molar-refractivity contribution in [3.8, 4) is 11.5 Å². The van der Waals surface area contributed by atoms with Crippen LogP contribution in [-0.2, 0) is 22.4 Å². The van der Waals surface area contributed by atoms with Gasteiger partial charge in [0.05, 0.1) is 19.8 Å². The van der Waals surface area contributed by atoms with Crippen molar-refractivity contribution in [2.75, 3.05) is 27.4 Å². The number of esters is 1. The minimum Gasteiger partial charge on any atom is -0.493 e. The maximum atomic E-state index is 12.6. The molecule has 3 aromatic rings. The van der Waals surface area contributed by atoms with Gasteiger partial charge in [-0.2, -0.15) is 0 Å². The van der Waals surface area contributed by atoms with Crippen molar-refractivity contribution in [2.24, 2.45) is 0 Å². The highest BCUT2D eigenvalue weighted by atomic mass is 16.5. The Balaban J connectivity index is 1.49. The van der Waals surface area contributed by atoms with Gasteiger partial charge in [0.2, 0.25) is 0 Å². The first-order valence-corrected chi connectivity index (χ1v) is 10.4. The van der Waals surface area contributed by atoms with E-state index in [0.717, 1.165) is 16.7 Å². The van der Waals surface area contributed by atoms with E-state index in [2.05, 4.69) is 5.32 Å². The molecule has 0 aromatic heterocycles. The van der Waals surface area contributed by atoms with Crippen LogP contribution in [0.1, 0.15) is 27.0 Å². The van der Waals surface area contributed by atoms with Crippen molar-refractivity contribution in [1.82, 2.24) is 5.32 Å². The number of methoxy groups -OCH3 is 2. The van der Waals surface area contributed by atoms with Crippen LogP contribution >= 0.6 is 0 Å². The summed E-state index contributed by atoms with van der Waals surface area (Å²) in [6.07, 6.45) is 1.23. The van der Waals surface area contributed by atoms with E-state index in [1.54, 1.807) is 26.4 Å². The molecular weight excluding hydrogens is 406 g/mol. The third-order valence-electron chi connectivity index (χ3n) is 4.99. The van der Waals surface area contributed by atoms with Gasteiger partial charge >= 0.3 is 5.97 Å². The monoisotopic (exact) mass is 433 g/mol. The van der Waals surface area contributed by atoms with E-state index in [0.29, 0.717) is 36.4 Å². The lowest BCUT2D eigenvalue weighted by atomic mass is 10.00. The second-order valence-corrected chi connectivity index (χ2v) is 7.18. The van der Waals surface area contributed by atoms with Crippen molar-refractivity contribution in [3.05, 3.63) is 95.1 Å². The van der Waals surface area contributed by atoms with Gasteiger partial charge in [-0.15, -0.1) is 0 Å². The Morgan fingerprint density at radius 1 is 0.812 bits per heavy atom. The minimum atomic E-state index is -0.508. The van der Waals surface area contributed by atoms with Crippen LogP contribution < -0.4 is 14.8 Å². The number of rotatable bonds is 10. The number of amides is 1. The van der Waals surface area contributed by atoms with Gasteiger partial charge in [-0.05, 0) is 47.7 Å². The van der Waals surface area contributed by atoms with Gasteiger partial charge in [0, 0.05) is 6.54 Å². The smallest absolute Gasteiger partial charge is 0.338 e. The van der Waals surface area contributed by atoms with Crippen molar-refractivity contribution >= 4 is 11.9 Å². The molecule has 32 heavy (non-hydrogen) atoms. The van der Waals surface area contributed by atoms with E-state index in [1.807, 2.05) is 60.7 Å². The van der Waals surface area contributed by atoms with Gasteiger partial charge in [0.25, 0.3) is 5.91 Å². The summed E-state index contributed by atoms with van der Waals surface area (Å²) in [6, 6.07) is 22.8. The summed E-state index contributed by atoms with van der Waals surface area (Å²) < 4.78 is 15.8. The van der Waals surface area contributed by atoms with Crippen molar-refractivity contribution in [3.63, 3.8) is 0 Å². The van der Waals surface area contributed by atoms with Gasteiger partial charge in [-0.1, -0.05) is 54.6 Å². The Kier molecular flexibility index (Phi) is 8.26. The average molecular weight is 434 g/mol. The molecule has 0 aliphatic rings. The molecule has 0 saturated carbocycles. The normalized spacial score (nSPS) is 10.3. The summed E-state index contributed by atoms with van der Waals surface area (Å²) >= 11 is 0. The Bertz CT molecular complexity index is 1050. The zero-order valence-electron chi connectivity index (χ0n) is 18.3. The SMILES string of the molecule is COc1ccc(CCNC(=O)COC(=O)c2ccccc2Cc2ccccc2)cc1OC. The van der Waals surface area contributed by atoms with Crippen LogP contribution in [0, 0.1) is 0 Å². The molecule has 0 aliphatic heterocycles. The average Bonchev–Trinajstić information content (AvgIpc) is 2.83. The zero-order valence-corrected chi connectivity index (χ0v) is 18.3. The Hall–Kier alpha value is -3.80. The molecule has 3 rings (SSSR count). The molecule has 0 aliphatic carbocycles. The van der Waals surface area contributed by atoms with Crippen molar-refractivity contribution < 1.29 is 23.8 Å². The van der Waals surface area contributed by atoms with Gasteiger partial charge in [-0.25, -0.2) is 4.79 Å². The summed E-state index contributed by atoms with van der Waals surface area (Å²) in [5, 5.41) is 2.77. The Morgan fingerprint density at radius 2 is 1.53 bits per heavy atom. The third-order valence-corrected chi connectivity index (χ3v) is 4.99. The Labute approximate surface area is 188 Å². The fraction of sp³-hybridized carbons (Fsp3) is 0.231.